The van der Waals surface area contributed by atoms with Crippen LogP contribution in [0.3, 0.4) is 0 Å². The standard InChI is InChI=1S/C27H42O2/c1-17(2)7-6-8-18(3)21-9-10-22-25-23(12-14-27(21,22)5)26(4)13-11-20(28)15-19(26)16-24(25)29/h7,16,18,20-23,25,28H,6,8-15H2,1-5H3/t18-,20?,21-,22+,23+,25+,26+,27-/m1/s1. The van der Waals surface area contributed by atoms with Crippen LogP contribution in [0.15, 0.2) is 23.3 Å². The highest BCUT2D eigenvalue weighted by atomic mass is 16.3. The maximum absolute atomic E-state index is 13.4. The molecule has 0 aliphatic heterocycles. The highest BCUT2D eigenvalue weighted by Gasteiger charge is 2.61. The van der Waals surface area contributed by atoms with Crippen LogP contribution in [0.5, 0.6) is 0 Å². The molecule has 4 aliphatic carbocycles. The van der Waals surface area contributed by atoms with E-state index < -0.39 is 0 Å². The molecule has 0 amide bonds. The summed E-state index contributed by atoms with van der Waals surface area (Å²) >= 11 is 0. The molecule has 0 saturated heterocycles. The fourth-order valence-electron chi connectivity index (χ4n) is 8.19. The van der Waals surface area contributed by atoms with Crippen molar-refractivity contribution in [3.8, 4) is 0 Å². The molecule has 4 rings (SSSR count). The summed E-state index contributed by atoms with van der Waals surface area (Å²) in [7, 11) is 0. The van der Waals surface area contributed by atoms with Gasteiger partial charge in [-0.2, -0.15) is 0 Å². The van der Waals surface area contributed by atoms with Gasteiger partial charge in [-0.05, 0) is 112 Å². The van der Waals surface area contributed by atoms with Crippen LogP contribution in [0, 0.1) is 40.4 Å². The third-order valence-electron chi connectivity index (χ3n) is 9.85. The highest BCUT2D eigenvalue weighted by molar-refractivity contribution is 5.94. The van der Waals surface area contributed by atoms with Crippen LogP contribution >= 0.6 is 0 Å². The van der Waals surface area contributed by atoms with Gasteiger partial charge in [0, 0.05) is 5.92 Å². The molecule has 8 atom stereocenters. The minimum atomic E-state index is -0.245. The van der Waals surface area contributed by atoms with Crippen LogP contribution in [-0.2, 0) is 4.79 Å². The summed E-state index contributed by atoms with van der Waals surface area (Å²) in [5.41, 5.74) is 3.16. The van der Waals surface area contributed by atoms with Gasteiger partial charge in [0.15, 0.2) is 5.78 Å². The maximum Gasteiger partial charge on any atom is 0.159 e. The first-order chi connectivity index (χ1) is 13.7. The zero-order chi connectivity index (χ0) is 21.0. The smallest absolute Gasteiger partial charge is 0.159 e. The number of hydrogen-bond acceptors (Lipinski definition) is 2. The Hall–Kier alpha value is -0.890. The van der Waals surface area contributed by atoms with Crippen molar-refractivity contribution < 1.29 is 9.90 Å². The van der Waals surface area contributed by atoms with E-state index in [1.54, 1.807) is 0 Å². The minimum absolute atomic E-state index is 0.145. The Morgan fingerprint density at radius 1 is 1.17 bits per heavy atom. The third kappa shape index (κ3) is 3.48. The van der Waals surface area contributed by atoms with E-state index in [1.807, 2.05) is 6.08 Å². The van der Waals surface area contributed by atoms with E-state index in [9.17, 15) is 9.90 Å². The molecular formula is C27H42O2. The van der Waals surface area contributed by atoms with E-state index in [2.05, 4.69) is 40.7 Å². The Kier molecular flexibility index (Phi) is 5.64. The summed E-state index contributed by atoms with van der Waals surface area (Å²) < 4.78 is 0. The molecule has 0 aromatic heterocycles. The molecule has 3 fully saturated rings. The molecular weight excluding hydrogens is 356 g/mol. The van der Waals surface area contributed by atoms with Crippen LogP contribution in [0.1, 0.15) is 92.4 Å². The van der Waals surface area contributed by atoms with Crippen LogP contribution in [-0.4, -0.2) is 17.0 Å². The molecule has 0 spiro atoms. The normalized spacial score (nSPS) is 45.0. The Morgan fingerprint density at radius 3 is 2.66 bits per heavy atom. The second-order valence-electron chi connectivity index (χ2n) is 11.7. The summed E-state index contributed by atoms with van der Waals surface area (Å²) in [5, 5.41) is 10.2. The minimum Gasteiger partial charge on any atom is -0.393 e. The van der Waals surface area contributed by atoms with E-state index in [0.29, 0.717) is 23.0 Å². The van der Waals surface area contributed by atoms with Gasteiger partial charge in [-0.25, -0.2) is 0 Å². The zero-order valence-corrected chi connectivity index (χ0v) is 19.3. The number of carbonyl (C=O) groups excluding carboxylic acids is 1. The number of aliphatic hydroxyl groups is 1. The molecule has 2 nitrogen and oxygen atoms in total. The van der Waals surface area contributed by atoms with Gasteiger partial charge in [0.2, 0.25) is 0 Å². The number of ketones is 1. The van der Waals surface area contributed by atoms with E-state index in [-0.39, 0.29) is 17.4 Å². The first-order valence-corrected chi connectivity index (χ1v) is 12.2. The molecule has 0 heterocycles. The van der Waals surface area contributed by atoms with Crippen LogP contribution < -0.4 is 0 Å². The summed E-state index contributed by atoms with van der Waals surface area (Å²) in [4.78, 5) is 13.4. The van der Waals surface area contributed by atoms with Crippen molar-refractivity contribution in [1.29, 1.82) is 0 Å². The first kappa shape index (κ1) is 21.3. The highest BCUT2D eigenvalue weighted by Crippen LogP contribution is 2.66. The van der Waals surface area contributed by atoms with Gasteiger partial charge in [0.1, 0.15) is 0 Å². The predicted molar refractivity (Wildman–Crippen MR) is 119 cm³/mol. The Morgan fingerprint density at radius 2 is 1.93 bits per heavy atom. The lowest BCUT2D eigenvalue weighted by molar-refractivity contribution is -0.135. The first-order valence-electron chi connectivity index (χ1n) is 12.2. The topological polar surface area (TPSA) is 37.3 Å². The average molecular weight is 399 g/mol. The van der Waals surface area contributed by atoms with E-state index in [1.165, 1.54) is 49.7 Å². The monoisotopic (exact) mass is 398 g/mol. The Bertz CT molecular complexity index is 714. The van der Waals surface area contributed by atoms with Gasteiger partial charge in [-0.1, -0.05) is 38.0 Å². The molecule has 0 radical (unpaired) electrons. The van der Waals surface area contributed by atoms with Gasteiger partial charge in [-0.15, -0.1) is 0 Å². The second-order valence-corrected chi connectivity index (χ2v) is 11.7. The molecule has 1 unspecified atom stereocenters. The average Bonchev–Trinajstić information content (AvgIpc) is 3.00. The molecule has 0 bridgehead atoms. The number of carbonyl (C=O) groups is 1. The van der Waals surface area contributed by atoms with E-state index in [0.717, 1.165) is 31.1 Å². The van der Waals surface area contributed by atoms with Crippen molar-refractivity contribution in [2.24, 2.45) is 40.4 Å². The lowest BCUT2D eigenvalue weighted by atomic mass is 9.46. The Labute approximate surface area is 178 Å². The summed E-state index contributed by atoms with van der Waals surface area (Å²) in [5.74, 6) is 3.19. The number of fused-ring (bicyclic) bond motifs is 5. The summed E-state index contributed by atoms with van der Waals surface area (Å²) in [6.07, 6.45) is 14.3. The van der Waals surface area contributed by atoms with Gasteiger partial charge >= 0.3 is 0 Å². The molecule has 2 heteroatoms. The van der Waals surface area contributed by atoms with Crippen molar-refractivity contribution >= 4 is 5.78 Å². The van der Waals surface area contributed by atoms with E-state index >= 15 is 0 Å². The van der Waals surface area contributed by atoms with Crippen LogP contribution in [0.2, 0.25) is 0 Å². The van der Waals surface area contributed by atoms with Crippen molar-refractivity contribution in [3.63, 3.8) is 0 Å². The third-order valence-corrected chi connectivity index (χ3v) is 9.85. The fourth-order valence-corrected chi connectivity index (χ4v) is 8.19. The lowest BCUT2D eigenvalue weighted by Gasteiger charge is -2.57. The van der Waals surface area contributed by atoms with Crippen molar-refractivity contribution in [1.82, 2.24) is 0 Å². The van der Waals surface area contributed by atoms with E-state index in [4.69, 9.17) is 0 Å². The number of hydrogen-bond donors (Lipinski definition) is 1. The quantitative estimate of drug-likeness (QED) is 0.550. The largest absolute Gasteiger partial charge is 0.393 e. The molecule has 29 heavy (non-hydrogen) atoms. The van der Waals surface area contributed by atoms with Crippen molar-refractivity contribution in [3.05, 3.63) is 23.3 Å². The molecule has 4 aliphatic rings. The SMILES string of the molecule is CC(C)=CCC[C@@H](C)[C@H]1CC[C@H]2[C@@H]3C(=O)C=C4CC(O)CC[C@]4(C)[C@H]3CC[C@]12C. The molecule has 0 aromatic rings. The molecule has 0 aromatic carbocycles. The lowest BCUT2D eigenvalue weighted by Crippen LogP contribution is -2.53. The molecule has 162 valence electrons. The molecule has 1 N–H and O–H groups in total. The number of allylic oxidation sites excluding steroid dienone is 3. The Balaban J connectivity index is 1.57. The number of aliphatic hydroxyl groups excluding tert-OH is 1. The van der Waals surface area contributed by atoms with Gasteiger partial charge in [0.25, 0.3) is 0 Å². The molecule has 3 saturated carbocycles. The zero-order valence-electron chi connectivity index (χ0n) is 19.3. The van der Waals surface area contributed by atoms with Crippen molar-refractivity contribution in [2.75, 3.05) is 0 Å². The predicted octanol–water partition coefficient (Wildman–Crippen LogP) is 6.49. The van der Waals surface area contributed by atoms with Crippen LogP contribution in [0.25, 0.3) is 0 Å². The second kappa shape index (κ2) is 7.66. The number of rotatable bonds is 4. The van der Waals surface area contributed by atoms with Gasteiger partial charge in [-0.3, -0.25) is 4.79 Å². The van der Waals surface area contributed by atoms with Gasteiger partial charge < -0.3 is 5.11 Å². The maximum atomic E-state index is 13.4. The van der Waals surface area contributed by atoms with Crippen molar-refractivity contribution in [2.45, 2.75) is 98.5 Å². The summed E-state index contributed by atoms with van der Waals surface area (Å²) in [6.45, 7) is 11.8. The van der Waals surface area contributed by atoms with Crippen LogP contribution in [0.4, 0.5) is 0 Å². The fraction of sp³-hybridized carbons (Fsp3) is 0.815. The van der Waals surface area contributed by atoms with Gasteiger partial charge in [0.05, 0.1) is 6.10 Å². The summed E-state index contributed by atoms with van der Waals surface area (Å²) in [6, 6.07) is 0.